The summed E-state index contributed by atoms with van der Waals surface area (Å²) < 4.78 is 13.1. The Morgan fingerprint density at radius 2 is 1.70 bits per heavy atom. The number of carbonyl (C=O) groups is 3. The third-order valence-corrected chi connectivity index (χ3v) is 4.26. The van der Waals surface area contributed by atoms with Crippen molar-refractivity contribution in [2.45, 2.75) is 39.2 Å². The SMILES string of the molecule is Cc1ccc(C)c(C(=O)CCC(=O)NC(CC(=O)O)c2ccc(F)cc2)c1. The second-order valence-corrected chi connectivity index (χ2v) is 6.51. The Hall–Kier alpha value is -3.02. The third kappa shape index (κ3) is 6.02. The Labute approximate surface area is 157 Å². The Morgan fingerprint density at radius 3 is 2.33 bits per heavy atom. The van der Waals surface area contributed by atoms with E-state index in [4.69, 9.17) is 5.11 Å². The molecule has 1 unspecified atom stereocenters. The van der Waals surface area contributed by atoms with Crippen molar-refractivity contribution in [3.63, 3.8) is 0 Å². The highest BCUT2D eigenvalue weighted by Crippen LogP contribution is 2.18. The van der Waals surface area contributed by atoms with Gasteiger partial charge in [0.25, 0.3) is 0 Å². The highest BCUT2D eigenvalue weighted by molar-refractivity contribution is 5.99. The molecule has 0 bridgehead atoms. The summed E-state index contributed by atoms with van der Waals surface area (Å²) in [5.41, 5.74) is 2.89. The smallest absolute Gasteiger partial charge is 0.305 e. The van der Waals surface area contributed by atoms with Crippen molar-refractivity contribution in [3.05, 3.63) is 70.5 Å². The van der Waals surface area contributed by atoms with Gasteiger partial charge in [0.15, 0.2) is 5.78 Å². The van der Waals surface area contributed by atoms with E-state index in [0.717, 1.165) is 11.1 Å². The van der Waals surface area contributed by atoms with Gasteiger partial charge in [0.1, 0.15) is 5.82 Å². The van der Waals surface area contributed by atoms with E-state index in [1.54, 1.807) is 6.07 Å². The van der Waals surface area contributed by atoms with Crippen LogP contribution in [0, 0.1) is 19.7 Å². The van der Waals surface area contributed by atoms with Gasteiger partial charge in [-0.2, -0.15) is 0 Å². The average Bonchev–Trinajstić information content (AvgIpc) is 2.61. The quantitative estimate of drug-likeness (QED) is 0.693. The lowest BCUT2D eigenvalue weighted by Gasteiger charge is -2.17. The number of Topliss-reactive ketones (excluding diaryl/α,β-unsaturated/α-hetero) is 1. The van der Waals surface area contributed by atoms with E-state index < -0.39 is 23.7 Å². The maximum atomic E-state index is 13.1. The molecule has 0 aliphatic carbocycles. The molecule has 1 amide bonds. The van der Waals surface area contributed by atoms with Crippen molar-refractivity contribution in [1.29, 1.82) is 0 Å². The minimum Gasteiger partial charge on any atom is -0.481 e. The minimum atomic E-state index is -1.09. The number of carboxylic acids is 1. The Kier molecular flexibility index (Phi) is 6.82. The zero-order chi connectivity index (χ0) is 20.0. The lowest BCUT2D eigenvalue weighted by Crippen LogP contribution is -2.30. The number of aryl methyl sites for hydroxylation is 2. The first-order valence-corrected chi connectivity index (χ1v) is 8.63. The van der Waals surface area contributed by atoms with Crippen molar-refractivity contribution in [3.8, 4) is 0 Å². The standard InChI is InChI=1S/C21H22FNO4/c1-13-3-4-14(2)17(11-13)19(24)9-10-20(25)23-18(12-21(26)27)15-5-7-16(22)8-6-15/h3-8,11,18H,9-10,12H2,1-2H3,(H,23,25)(H,26,27). The number of hydrogen-bond donors (Lipinski definition) is 2. The summed E-state index contributed by atoms with van der Waals surface area (Å²) in [7, 11) is 0. The first kappa shape index (κ1) is 20.3. The molecular weight excluding hydrogens is 349 g/mol. The fraction of sp³-hybridized carbons (Fsp3) is 0.286. The van der Waals surface area contributed by atoms with E-state index in [0.29, 0.717) is 11.1 Å². The molecule has 27 heavy (non-hydrogen) atoms. The van der Waals surface area contributed by atoms with E-state index in [2.05, 4.69) is 5.32 Å². The van der Waals surface area contributed by atoms with Crippen LogP contribution in [0.3, 0.4) is 0 Å². The van der Waals surface area contributed by atoms with Gasteiger partial charge in [-0.3, -0.25) is 14.4 Å². The highest BCUT2D eigenvalue weighted by Gasteiger charge is 2.19. The van der Waals surface area contributed by atoms with Crippen LogP contribution >= 0.6 is 0 Å². The topological polar surface area (TPSA) is 83.5 Å². The molecule has 0 saturated carbocycles. The second-order valence-electron chi connectivity index (χ2n) is 6.51. The number of nitrogens with one attached hydrogen (secondary N) is 1. The minimum absolute atomic E-state index is 0.0271. The first-order valence-electron chi connectivity index (χ1n) is 8.63. The lowest BCUT2D eigenvalue weighted by molar-refractivity contribution is -0.137. The summed E-state index contributed by atoms with van der Waals surface area (Å²) in [5, 5.41) is 11.7. The number of aliphatic carboxylic acids is 1. The maximum Gasteiger partial charge on any atom is 0.305 e. The monoisotopic (exact) mass is 371 g/mol. The number of halogens is 1. The van der Waals surface area contributed by atoms with Crippen molar-refractivity contribution in [2.24, 2.45) is 0 Å². The van der Waals surface area contributed by atoms with Gasteiger partial charge in [-0.05, 0) is 43.2 Å². The summed E-state index contributed by atoms with van der Waals surface area (Å²) in [6.45, 7) is 3.73. The van der Waals surface area contributed by atoms with Crippen LogP contribution in [-0.2, 0) is 9.59 Å². The largest absolute Gasteiger partial charge is 0.481 e. The van der Waals surface area contributed by atoms with Gasteiger partial charge in [0, 0.05) is 18.4 Å². The molecule has 2 aromatic carbocycles. The van der Waals surface area contributed by atoms with E-state index in [1.165, 1.54) is 24.3 Å². The van der Waals surface area contributed by atoms with Crippen LogP contribution < -0.4 is 5.32 Å². The summed E-state index contributed by atoms with van der Waals surface area (Å²) in [4.78, 5) is 35.7. The van der Waals surface area contributed by atoms with E-state index in [9.17, 15) is 18.8 Å². The number of carbonyl (C=O) groups excluding carboxylic acids is 2. The Balaban J connectivity index is 2.00. The summed E-state index contributed by atoms with van der Waals surface area (Å²) in [6, 6.07) is 10.1. The molecular formula is C21H22FNO4. The average molecular weight is 371 g/mol. The number of carboxylic acid groups (broad SMARTS) is 1. The van der Waals surface area contributed by atoms with Crippen molar-refractivity contribution < 1.29 is 23.9 Å². The second kappa shape index (κ2) is 9.07. The first-order chi connectivity index (χ1) is 12.8. The van der Waals surface area contributed by atoms with Crippen molar-refractivity contribution >= 4 is 17.7 Å². The van der Waals surface area contributed by atoms with Crippen LogP contribution in [0.1, 0.15) is 52.4 Å². The van der Waals surface area contributed by atoms with Crippen LogP contribution in [0.2, 0.25) is 0 Å². The van der Waals surface area contributed by atoms with Crippen LogP contribution in [0.4, 0.5) is 4.39 Å². The van der Waals surface area contributed by atoms with Crippen LogP contribution in [0.15, 0.2) is 42.5 Å². The molecule has 0 heterocycles. The van der Waals surface area contributed by atoms with Crippen molar-refractivity contribution in [1.82, 2.24) is 5.32 Å². The molecule has 6 heteroatoms. The summed E-state index contributed by atoms with van der Waals surface area (Å²) in [5.74, 6) is -2.10. The number of rotatable bonds is 8. The number of amides is 1. The Bertz CT molecular complexity index is 846. The van der Waals surface area contributed by atoms with Gasteiger partial charge < -0.3 is 10.4 Å². The zero-order valence-electron chi connectivity index (χ0n) is 15.3. The normalized spacial score (nSPS) is 11.7. The lowest BCUT2D eigenvalue weighted by atomic mass is 9.99. The zero-order valence-corrected chi connectivity index (χ0v) is 15.3. The molecule has 142 valence electrons. The molecule has 0 aliphatic rings. The molecule has 2 aromatic rings. The van der Waals surface area contributed by atoms with Crippen LogP contribution in [-0.4, -0.2) is 22.8 Å². The van der Waals surface area contributed by atoms with Gasteiger partial charge in [-0.15, -0.1) is 0 Å². The third-order valence-electron chi connectivity index (χ3n) is 4.26. The molecule has 0 spiro atoms. The molecule has 5 nitrogen and oxygen atoms in total. The highest BCUT2D eigenvalue weighted by atomic mass is 19.1. The molecule has 1 atom stereocenters. The van der Waals surface area contributed by atoms with Gasteiger partial charge >= 0.3 is 5.97 Å². The predicted molar refractivity (Wildman–Crippen MR) is 99.0 cm³/mol. The van der Waals surface area contributed by atoms with E-state index in [-0.39, 0.29) is 25.0 Å². The number of benzene rings is 2. The van der Waals surface area contributed by atoms with Crippen molar-refractivity contribution in [2.75, 3.05) is 0 Å². The molecule has 0 fully saturated rings. The molecule has 0 radical (unpaired) electrons. The van der Waals surface area contributed by atoms with Gasteiger partial charge in [0.05, 0.1) is 12.5 Å². The maximum absolute atomic E-state index is 13.1. The van der Waals surface area contributed by atoms with Crippen LogP contribution in [0.5, 0.6) is 0 Å². The molecule has 0 aliphatic heterocycles. The molecule has 0 aromatic heterocycles. The van der Waals surface area contributed by atoms with Gasteiger partial charge in [0.2, 0.25) is 5.91 Å². The molecule has 2 N–H and O–H groups in total. The summed E-state index contributed by atoms with van der Waals surface area (Å²) >= 11 is 0. The predicted octanol–water partition coefficient (Wildman–Crippen LogP) is 3.74. The van der Waals surface area contributed by atoms with Gasteiger partial charge in [-0.25, -0.2) is 4.39 Å². The summed E-state index contributed by atoms with van der Waals surface area (Å²) in [6.07, 6.45) is -0.356. The van der Waals surface area contributed by atoms with E-state index in [1.807, 2.05) is 26.0 Å². The van der Waals surface area contributed by atoms with E-state index >= 15 is 0 Å². The fourth-order valence-corrected chi connectivity index (χ4v) is 2.79. The van der Waals surface area contributed by atoms with Gasteiger partial charge in [-0.1, -0.05) is 29.8 Å². The number of ketones is 1. The molecule has 0 saturated heterocycles. The molecule has 2 rings (SSSR count). The number of hydrogen-bond acceptors (Lipinski definition) is 3. The van der Waals surface area contributed by atoms with Crippen LogP contribution in [0.25, 0.3) is 0 Å². The fourth-order valence-electron chi connectivity index (χ4n) is 2.79. The Morgan fingerprint density at radius 1 is 1.04 bits per heavy atom.